The summed E-state index contributed by atoms with van der Waals surface area (Å²) in [5.41, 5.74) is 2.88. The van der Waals surface area contributed by atoms with Crippen LogP contribution in [0.15, 0.2) is 64.5 Å². The number of nitrogens with one attached hydrogen (secondary N) is 2. The molecule has 28 heavy (non-hydrogen) atoms. The average Bonchev–Trinajstić information content (AvgIpc) is 3.05. The van der Waals surface area contributed by atoms with Crippen molar-refractivity contribution in [2.45, 2.75) is 37.9 Å². The molecule has 0 aliphatic rings. The van der Waals surface area contributed by atoms with E-state index in [0.29, 0.717) is 17.6 Å². The molecule has 1 heterocycles. The van der Waals surface area contributed by atoms with Gasteiger partial charge in [-0.15, -0.1) is 5.10 Å². The molecular weight excluding hydrogens is 372 g/mol. The number of aromatic amines is 1. The molecule has 0 atom stereocenters. The number of benzene rings is 2. The molecule has 0 fully saturated rings. The van der Waals surface area contributed by atoms with Gasteiger partial charge in [-0.05, 0) is 35.6 Å². The Morgan fingerprint density at radius 2 is 1.86 bits per heavy atom. The number of hydrogen-bond donors (Lipinski definition) is 2. The van der Waals surface area contributed by atoms with Gasteiger partial charge in [0.25, 0.3) is 0 Å². The lowest BCUT2D eigenvalue weighted by Gasteiger charge is -2.09. The first-order valence-corrected chi connectivity index (χ1v) is 10.2. The first-order chi connectivity index (χ1) is 13.5. The summed E-state index contributed by atoms with van der Waals surface area (Å²) < 4.78 is 1.57. The lowest BCUT2D eigenvalue weighted by atomic mass is 10.0. The average molecular weight is 397 g/mol. The fraction of sp³-hybridized carbons (Fsp3) is 0.286. The SMILES string of the molecule is CC(C)c1ccc(NC(=O)CSc2n[nH]c(=O)n2CCc2ccccc2)cc1. The maximum absolute atomic E-state index is 12.2. The van der Waals surface area contributed by atoms with E-state index in [9.17, 15) is 9.59 Å². The van der Waals surface area contributed by atoms with E-state index in [2.05, 4.69) is 29.4 Å². The Bertz CT molecular complexity index is 962. The fourth-order valence-corrected chi connectivity index (χ4v) is 3.55. The summed E-state index contributed by atoms with van der Waals surface area (Å²) in [5.74, 6) is 0.502. The van der Waals surface area contributed by atoms with E-state index in [4.69, 9.17) is 0 Å². The van der Waals surface area contributed by atoms with Crippen LogP contribution >= 0.6 is 11.8 Å². The van der Waals surface area contributed by atoms with Gasteiger partial charge in [0.2, 0.25) is 5.91 Å². The van der Waals surface area contributed by atoms with E-state index < -0.39 is 0 Å². The number of thioether (sulfide) groups is 1. The van der Waals surface area contributed by atoms with Crippen molar-refractivity contribution >= 4 is 23.4 Å². The number of aromatic nitrogens is 3. The van der Waals surface area contributed by atoms with Gasteiger partial charge in [-0.1, -0.05) is 68.1 Å². The first-order valence-electron chi connectivity index (χ1n) is 9.24. The molecule has 0 aliphatic heterocycles. The summed E-state index contributed by atoms with van der Waals surface area (Å²) in [6, 6.07) is 17.8. The van der Waals surface area contributed by atoms with Crippen LogP contribution in [0.5, 0.6) is 0 Å². The Balaban J connectivity index is 1.55. The molecule has 1 amide bonds. The van der Waals surface area contributed by atoms with Gasteiger partial charge in [-0.2, -0.15) is 0 Å². The largest absolute Gasteiger partial charge is 0.343 e. The van der Waals surface area contributed by atoms with Gasteiger partial charge in [0.15, 0.2) is 5.16 Å². The van der Waals surface area contributed by atoms with E-state index in [1.165, 1.54) is 17.3 Å². The zero-order valence-electron chi connectivity index (χ0n) is 16.0. The van der Waals surface area contributed by atoms with Gasteiger partial charge in [0.05, 0.1) is 5.75 Å². The molecule has 0 radical (unpaired) electrons. The highest BCUT2D eigenvalue weighted by molar-refractivity contribution is 7.99. The fourth-order valence-electron chi connectivity index (χ4n) is 2.77. The second-order valence-corrected chi connectivity index (χ2v) is 7.75. The van der Waals surface area contributed by atoms with E-state index in [0.717, 1.165) is 17.7 Å². The number of rotatable bonds is 8. The quantitative estimate of drug-likeness (QED) is 0.570. The zero-order chi connectivity index (χ0) is 19.9. The van der Waals surface area contributed by atoms with E-state index >= 15 is 0 Å². The Morgan fingerprint density at radius 3 is 2.54 bits per heavy atom. The third-order valence-electron chi connectivity index (χ3n) is 4.38. The summed E-state index contributed by atoms with van der Waals surface area (Å²) in [7, 11) is 0. The van der Waals surface area contributed by atoms with Crippen molar-refractivity contribution in [1.82, 2.24) is 14.8 Å². The van der Waals surface area contributed by atoms with Crippen molar-refractivity contribution in [1.29, 1.82) is 0 Å². The van der Waals surface area contributed by atoms with Crippen LogP contribution in [0, 0.1) is 0 Å². The number of carbonyl (C=O) groups is 1. The molecule has 6 nitrogen and oxygen atoms in total. The van der Waals surface area contributed by atoms with Crippen molar-refractivity contribution < 1.29 is 4.79 Å². The molecule has 2 aromatic carbocycles. The van der Waals surface area contributed by atoms with Crippen LogP contribution in [0.1, 0.15) is 30.9 Å². The summed E-state index contributed by atoms with van der Waals surface area (Å²) in [4.78, 5) is 24.3. The number of carbonyl (C=O) groups excluding carboxylic acids is 1. The Hall–Kier alpha value is -2.80. The van der Waals surface area contributed by atoms with Crippen LogP contribution in [-0.2, 0) is 17.8 Å². The van der Waals surface area contributed by atoms with E-state index in [1.54, 1.807) is 4.57 Å². The van der Waals surface area contributed by atoms with Gasteiger partial charge in [0, 0.05) is 12.2 Å². The number of nitrogens with zero attached hydrogens (tertiary/aromatic N) is 2. The Morgan fingerprint density at radius 1 is 1.14 bits per heavy atom. The third-order valence-corrected chi connectivity index (χ3v) is 5.36. The summed E-state index contributed by atoms with van der Waals surface area (Å²) in [6.45, 7) is 4.77. The Kier molecular flexibility index (Phi) is 6.71. The molecular formula is C21H24N4O2S. The molecule has 7 heteroatoms. The monoisotopic (exact) mass is 396 g/mol. The van der Waals surface area contributed by atoms with Crippen LogP contribution in [0.4, 0.5) is 5.69 Å². The molecule has 0 bridgehead atoms. The maximum atomic E-state index is 12.2. The van der Waals surface area contributed by atoms with Crippen molar-refractivity contribution in [2.24, 2.45) is 0 Å². The molecule has 146 valence electrons. The lowest BCUT2D eigenvalue weighted by Crippen LogP contribution is -2.20. The topological polar surface area (TPSA) is 79.8 Å². The molecule has 0 spiro atoms. The predicted octanol–water partition coefficient (Wildman–Crippen LogP) is 3.67. The number of anilines is 1. The van der Waals surface area contributed by atoms with Gasteiger partial charge in [-0.25, -0.2) is 9.89 Å². The minimum atomic E-state index is -0.261. The smallest absolute Gasteiger partial charge is 0.325 e. The van der Waals surface area contributed by atoms with Crippen LogP contribution in [0.25, 0.3) is 0 Å². The van der Waals surface area contributed by atoms with Crippen molar-refractivity contribution in [2.75, 3.05) is 11.1 Å². The van der Waals surface area contributed by atoms with Crippen molar-refractivity contribution in [3.05, 3.63) is 76.2 Å². The summed E-state index contributed by atoms with van der Waals surface area (Å²) >= 11 is 1.25. The molecule has 0 saturated carbocycles. The summed E-state index contributed by atoms with van der Waals surface area (Å²) in [6.07, 6.45) is 0.724. The van der Waals surface area contributed by atoms with Crippen LogP contribution in [0.2, 0.25) is 0 Å². The molecule has 2 N–H and O–H groups in total. The standard InChI is InChI=1S/C21H24N4O2S/c1-15(2)17-8-10-18(11-9-17)22-19(26)14-28-21-24-23-20(27)25(21)13-12-16-6-4-3-5-7-16/h3-11,15H,12-14H2,1-2H3,(H,22,26)(H,23,27). The third kappa shape index (κ3) is 5.36. The van der Waals surface area contributed by atoms with E-state index in [1.807, 2.05) is 54.6 Å². The highest BCUT2D eigenvalue weighted by Crippen LogP contribution is 2.18. The van der Waals surface area contributed by atoms with Crippen molar-refractivity contribution in [3.63, 3.8) is 0 Å². The van der Waals surface area contributed by atoms with Gasteiger partial charge >= 0.3 is 5.69 Å². The van der Waals surface area contributed by atoms with Crippen LogP contribution in [0.3, 0.4) is 0 Å². The van der Waals surface area contributed by atoms with Gasteiger partial charge < -0.3 is 5.32 Å². The number of H-pyrrole nitrogens is 1. The lowest BCUT2D eigenvalue weighted by molar-refractivity contribution is -0.113. The predicted molar refractivity (Wildman–Crippen MR) is 113 cm³/mol. The first kappa shape index (κ1) is 19.9. The maximum Gasteiger partial charge on any atom is 0.343 e. The number of aryl methyl sites for hydroxylation is 1. The molecule has 0 aliphatic carbocycles. The van der Waals surface area contributed by atoms with Crippen LogP contribution < -0.4 is 11.0 Å². The van der Waals surface area contributed by atoms with Crippen LogP contribution in [-0.4, -0.2) is 26.4 Å². The minimum Gasteiger partial charge on any atom is -0.325 e. The second-order valence-electron chi connectivity index (χ2n) is 6.81. The molecule has 0 saturated heterocycles. The molecule has 1 aromatic heterocycles. The second kappa shape index (κ2) is 9.41. The van der Waals surface area contributed by atoms with E-state index in [-0.39, 0.29) is 17.3 Å². The molecule has 3 aromatic rings. The number of amides is 1. The highest BCUT2D eigenvalue weighted by atomic mass is 32.2. The molecule has 3 rings (SSSR count). The van der Waals surface area contributed by atoms with Gasteiger partial charge in [0.1, 0.15) is 0 Å². The van der Waals surface area contributed by atoms with Gasteiger partial charge in [-0.3, -0.25) is 9.36 Å². The molecule has 0 unspecified atom stereocenters. The Labute approximate surface area is 168 Å². The normalized spacial score (nSPS) is 11.0. The number of hydrogen-bond acceptors (Lipinski definition) is 4. The zero-order valence-corrected chi connectivity index (χ0v) is 16.8. The minimum absolute atomic E-state index is 0.132. The summed E-state index contributed by atoms with van der Waals surface area (Å²) in [5, 5.41) is 9.91. The highest BCUT2D eigenvalue weighted by Gasteiger charge is 2.12. The van der Waals surface area contributed by atoms with Crippen molar-refractivity contribution in [3.8, 4) is 0 Å².